The molecule has 0 fully saturated rings. The number of pyridine rings is 1. The highest BCUT2D eigenvalue weighted by atomic mass is 35.5. The van der Waals surface area contributed by atoms with Gasteiger partial charge in [-0.25, -0.2) is 4.98 Å². The topological polar surface area (TPSA) is 16.1 Å². The van der Waals surface area contributed by atoms with Crippen LogP contribution in [0.4, 0.5) is 13.2 Å². The number of rotatable bonds is 4. The van der Waals surface area contributed by atoms with Gasteiger partial charge >= 0.3 is 6.18 Å². The van der Waals surface area contributed by atoms with Crippen LogP contribution in [-0.4, -0.2) is 29.1 Å². The predicted octanol–water partition coefficient (Wildman–Crippen LogP) is 3.12. The number of alkyl halides is 3. The fraction of sp³-hybridized carbons (Fsp3) is 0.500. The van der Waals surface area contributed by atoms with Crippen molar-refractivity contribution in [3.8, 4) is 0 Å². The van der Waals surface area contributed by atoms with Crippen LogP contribution < -0.4 is 0 Å². The third-order valence-electron chi connectivity index (χ3n) is 2.08. The summed E-state index contributed by atoms with van der Waals surface area (Å²) in [5.74, 6) is 0. The van der Waals surface area contributed by atoms with Gasteiger partial charge in [0.25, 0.3) is 0 Å². The van der Waals surface area contributed by atoms with Crippen LogP contribution in [0.15, 0.2) is 18.3 Å². The van der Waals surface area contributed by atoms with Crippen molar-refractivity contribution < 1.29 is 13.2 Å². The molecule has 0 saturated carbocycles. The monoisotopic (exact) mass is 252 g/mol. The Labute approximate surface area is 97.0 Å². The molecule has 0 spiro atoms. The molecule has 6 heteroatoms. The third-order valence-corrected chi connectivity index (χ3v) is 2.42. The predicted molar refractivity (Wildman–Crippen MR) is 56.3 cm³/mol. The highest BCUT2D eigenvalue weighted by Gasteiger charge is 2.30. The highest BCUT2D eigenvalue weighted by Crippen LogP contribution is 2.19. The maximum absolute atomic E-state index is 12.2. The maximum atomic E-state index is 12.2. The average Bonchev–Trinajstić information content (AvgIpc) is 2.18. The first-order valence-electron chi connectivity index (χ1n) is 4.81. The molecule has 90 valence electrons. The molecular formula is C10H12ClF3N2. The first-order valence-corrected chi connectivity index (χ1v) is 5.18. The second kappa shape index (κ2) is 5.50. The van der Waals surface area contributed by atoms with Gasteiger partial charge < -0.3 is 0 Å². The molecule has 0 radical (unpaired) electrons. The van der Waals surface area contributed by atoms with Crippen LogP contribution in [0, 0.1) is 0 Å². The van der Waals surface area contributed by atoms with Crippen LogP contribution in [0.25, 0.3) is 0 Å². The lowest BCUT2D eigenvalue weighted by atomic mass is 10.2. The standard InChI is InChI=1S/C10H12ClF3N2/c1-2-16(7-10(12,13)14)6-8-4-3-5-15-9(8)11/h3-5H,2,6-7H2,1H3. The summed E-state index contributed by atoms with van der Waals surface area (Å²) in [6.07, 6.45) is -2.68. The first-order chi connectivity index (χ1) is 7.42. The van der Waals surface area contributed by atoms with E-state index >= 15 is 0 Å². The van der Waals surface area contributed by atoms with Gasteiger partial charge in [-0.1, -0.05) is 24.6 Å². The molecule has 0 N–H and O–H groups in total. The fourth-order valence-electron chi connectivity index (χ4n) is 1.31. The quantitative estimate of drug-likeness (QED) is 0.766. The molecule has 0 atom stereocenters. The van der Waals surface area contributed by atoms with Crippen molar-refractivity contribution in [2.24, 2.45) is 0 Å². The van der Waals surface area contributed by atoms with Gasteiger partial charge in [-0.3, -0.25) is 4.90 Å². The van der Waals surface area contributed by atoms with E-state index in [0.717, 1.165) is 0 Å². The third kappa shape index (κ3) is 4.37. The van der Waals surface area contributed by atoms with Crippen molar-refractivity contribution in [3.63, 3.8) is 0 Å². The Kier molecular flexibility index (Phi) is 4.56. The summed E-state index contributed by atoms with van der Waals surface area (Å²) in [5, 5.41) is 0.253. The molecule has 16 heavy (non-hydrogen) atoms. The van der Waals surface area contributed by atoms with Crippen LogP contribution in [-0.2, 0) is 6.54 Å². The summed E-state index contributed by atoms with van der Waals surface area (Å²) in [5.41, 5.74) is 0.607. The molecule has 1 aromatic heterocycles. The van der Waals surface area contributed by atoms with E-state index in [0.29, 0.717) is 12.1 Å². The lowest BCUT2D eigenvalue weighted by molar-refractivity contribution is -0.146. The van der Waals surface area contributed by atoms with E-state index in [4.69, 9.17) is 11.6 Å². The van der Waals surface area contributed by atoms with Gasteiger partial charge in [0.15, 0.2) is 0 Å². The molecule has 0 aliphatic carbocycles. The minimum Gasteiger partial charge on any atom is -0.291 e. The van der Waals surface area contributed by atoms with Crippen molar-refractivity contribution in [2.75, 3.05) is 13.1 Å². The smallest absolute Gasteiger partial charge is 0.291 e. The van der Waals surface area contributed by atoms with E-state index in [-0.39, 0.29) is 11.7 Å². The Morgan fingerprint density at radius 1 is 1.44 bits per heavy atom. The zero-order valence-electron chi connectivity index (χ0n) is 8.76. The zero-order chi connectivity index (χ0) is 12.2. The van der Waals surface area contributed by atoms with Crippen molar-refractivity contribution in [2.45, 2.75) is 19.6 Å². The zero-order valence-corrected chi connectivity index (χ0v) is 9.52. The van der Waals surface area contributed by atoms with Gasteiger partial charge in [0.1, 0.15) is 5.15 Å². The Morgan fingerprint density at radius 2 is 2.12 bits per heavy atom. The van der Waals surface area contributed by atoms with E-state index in [2.05, 4.69) is 4.98 Å². The molecule has 1 aromatic rings. The second-order valence-electron chi connectivity index (χ2n) is 3.37. The van der Waals surface area contributed by atoms with Gasteiger partial charge in [0.05, 0.1) is 6.54 Å². The van der Waals surface area contributed by atoms with Gasteiger partial charge in [-0.2, -0.15) is 13.2 Å². The Bertz CT molecular complexity index is 341. The van der Waals surface area contributed by atoms with E-state index in [9.17, 15) is 13.2 Å². The molecule has 0 aliphatic heterocycles. The van der Waals surface area contributed by atoms with Gasteiger partial charge in [-0.15, -0.1) is 0 Å². The minimum absolute atomic E-state index is 0.155. The van der Waals surface area contributed by atoms with E-state index < -0.39 is 12.7 Å². The van der Waals surface area contributed by atoms with Crippen molar-refractivity contribution in [3.05, 3.63) is 29.0 Å². The highest BCUT2D eigenvalue weighted by molar-refractivity contribution is 6.30. The molecular weight excluding hydrogens is 241 g/mol. The molecule has 2 nitrogen and oxygen atoms in total. The average molecular weight is 253 g/mol. The van der Waals surface area contributed by atoms with Crippen molar-refractivity contribution in [1.29, 1.82) is 0 Å². The van der Waals surface area contributed by atoms with Crippen LogP contribution >= 0.6 is 11.6 Å². The SMILES string of the molecule is CCN(Cc1cccnc1Cl)CC(F)(F)F. The molecule has 0 bridgehead atoms. The maximum Gasteiger partial charge on any atom is 0.401 e. The Morgan fingerprint density at radius 3 is 2.62 bits per heavy atom. The Hall–Kier alpha value is -0.810. The summed E-state index contributed by atoms with van der Waals surface area (Å²) >= 11 is 5.78. The van der Waals surface area contributed by atoms with Crippen LogP contribution in [0.3, 0.4) is 0 Å². The second-order valence-corrected chi connectivity index (χ2v) is 3.73. The van der Waals surface area contributed by atoms with Crippen molar-refractivity contribution in [1.82, 2.24) is 9.88 Å². The van der Waals surface area contributed by atoms with Crippen LogP contribution in [0.1, 0.15) is 12.5 Å². The summed E-state index contributed by atoms with van der Waals surface area (Å²) in [6, 6.07) is 3.33. The number of nitrogens with zero attached hydrogens (tertiary/aromatic N) is 2. The summed E-state index contributed by atoms with van der Waals surface area (Å²) < 4.78 is 36.6. The lowest BCUT2D eigenvalue weighted by Gasteiger charge is -2.22. The Balaban J connectivity index is 2.67. The number of halogens is 4. The summed E-state index contributed by atoms with van der Waals surface area (Å²) in [4.78, 5) is 5.09. The lowest BCUT2D eigenvalue weighted by Crippen LogP contribution is -2.33. The van der Waals surface area contributed by atoms with Crippen LogP contribution in [0.2, 0.25) is 5.15 Å². The molecule has 0 saturated heterocycles. The van der Waals surface area contributed by atoms with E-state index in [1.165, 1.54) is 11.1 Å². The van der Waals surface area contributed by atoms with Crippen LogP contribution in [0.5, 0.6) is 0 Å². The van der Waals surface area contributed by atoms with E-state index in [1.54, 1.807) is 19.1 Å². The molecule has 1 heterocycles. The molecule has 0 aromatic carbocycles. The largest absolute Gasteiger partial charge is 0.401 e. The van der Waals surface area contributed by atoms with E-state index in [1.807, 2.05) is 0 Å². The molecule has 0 amide bonds. The summed E-state index contributed by atoms with van der Waals surface area (Å²) in [6.45, 7) is 1.21. The molecule has 0 unspecified atom stereocenters. The number of aromatic nitrogens is 1. The first kappa shape index (κ1) is 13.3. The molecule has 0 aliphatic rings. The van der Waals surface area contributed by atoms with Gasteiger partial charge in [0, 0.05) is 18.3 Å². The van der Waals surface area contributed by atoms with Gasteiger partial charge in [0.2, 0.25) is 0 Å². The fourth-order valence-corrected chi connectivity index (χ4v) is 1.49. The summed E-state index contributed by atoms with van der Waals surface area (Å²) in [7, 11) is 0. The van der Waals surface area contributed by atoms with Crippen molar-refractivity contribution >= 4 is 11.6 Å². The number of hydrogen-bond donors (Lipinski definition) is 0. The van der Waals surface area contributed by atoms with Gasteiger partial charge in [-0.05, 0) is 12.6 Å². The molecule has 1 rings (SSSR count). The number of hydrogen-bond acceptors (Lipinski definition) is 2. The normalized spacial score (nSPS) is 12.1. The minimum atomic E-state index is -4.19.